The third-order valence-corrected chi connectivity index (χ3v) is 12.2. The van der Waals surface area contributed by atoms with Crippen molar-refractivity contribution in [1.82, 2.24) is 0 Å². The summed E-state index contributed by atoms with van der Waals surface area (Å²) in [4.78, 5) is 64.4. The minimum Gasteiger partial charge on any atom is -0.377 e. The Morgan fingerprint density at radius 2 is 1.28 bits per heavy atom. The molecule has 2 aliphatic heterocycles. The van der Waals surface area contributed by atoms with Gasteiger partial charge in [-0.05, 0) is 70.6 Å². The molecule has 0 saturated heterocycles. The summed E-state index contributed by atoms with van der Waals surface area (Å²) in [6, 6.07) is 29.3. The van der Waals surface area contributed by atoms with Gasteiger partial charge in [-0.2, -0.15) is 4.58 Å². The van der Waals surface area contributed by atoms with Crippen molar-refractivity contribution in [3.05, 3.63) is 119 Å². The number of hydrogen-bond donors (Lipinski definition) is 0. The van der Waals surface area contributed by atoms with Gasteiger partial charge in [0.15, 0.2) is 18.0 Å². The summed E-state index contributed by atoms with van der Waals surface area (Å²) in [5.74, 6) is -3.31. The molecule has 60 heavy (non-hydrogen) atoms. The van der Waals surface area contributed by atoms with Crippen molar-refractivity contribution in [2.45, 2.75) is 38.5 Å². The van der Waals surface area contributed by atoms with Crippen LogP contribution in [0.5, 0.6) is 0 Å². The first-order valence-electron chi connectivity index (χ1n) is 20.4. The lowest BCUT2D eigenvalue weighted by Crippen LogP contribution is -2.31. The van der Waals surface area contributed by atoms with E-state index in [0.29, 0.717) is 39.5 Å². The summed E-state index contributed by atoms with van der Waals surface area (Å²) in [6.07, 6.45) is 3.38. The first-order chi connectivity index (χ1) is 29.0. The number of carbonyl (C=O) groups excluding carboxylic acids is 3. The summed E-state index contributed by atoms with van der Waals surface area (Å²) in [5, 5.41) is 6.56. The molecule has 0 amide bonds. The quantitative estimate of drug-likeness (QED) is 0.0113. The summed E-state index contributed by atoms with van der Waals surface area (Å²) < 4.78 is 14.0. The molecule has 5 aromatic rings. The largest absolute Gasteiger partial charge is 0.377 e. The number of carbonyl (C=O) groups is 3. The van der Waals surface area contributed by atoms with Crippen molar-refractivity contribution in [2.75, 3.05) is 71.9 Å². The Bertz CT molecular complexity index is 2620. The topological polar surface area (TPSA) is 113 Å². The third kappa shape index (κ3) is 7.29. The Morgan fingerprint density at radius 1 is 0.650 bits per heavy atom. The lowest BCUT2D eigenvalue weighted by Gasteiger charge is -2.28. The van der Waals surface area contributed by atoms with Crippen molar-refractivity contribution in [1.29, 1.82) is 0 Å². The van der Waals surface area contributed by atoms with Crippen molar-refractivity contribution in [2.24, 2.45) is 5.92 Å². The number of anilines is 1. The first kappa shape index (κ1) is 41.3. The Kier molecular flexibility index (Phi) is 11.7. The van der Waals surface area contributed by atoms with Crippen LogP contribution in [0.4, 0.5) is 11.4 Å². The number of rotatable bonds is 16. The summed E-state index contributed by atoms with van der Waals surface area (Å²) in [5.41, 5.74) is 4.22. The fourth-order valence-corrected chi connectivity index (χ4v) is 9.17. The van der Waals surface area contributed by atoms with Crippen molar-refractivity contribution in [3.8, 4) is 0 Å². The lowest BCUT2D eigenvalue weighted by molar-refractivity contribution is -0.440. The van der Waals surface area contributed by atoms with Gasteiger partial charge in [-0.15, -0.1) is 0 Å². The van der Waals surface area contributed by atoms with Gasteiger partial charge >= 0.3 is 0 Å². The van der Waals surface area contributed by atoms with Gasteiger partial charge < -0.3 is 14.4 Å². The van der Waals surface area contributed by atoms with E-state index in [2.05, 4.69) is 97.8 Å². The Morgan fingerprint density at radius 3 is 2.00 bits per heavy atom. The SMILES string of the molecule is COOCCOCCN1/C(=C\C2C(=O)C(=O)/C(=C\C3=[N+](CCOCCOOC)c4c(ccc5ccccc45)C3(C)C)C2=O)C(C)(C)c2cc3ccc4ccccc4c3cc21. The molecule has 1 saturated carbocycles. The van der Waals surface area contributed by atoms with Crippen LogP contribution in [0.2, 0.25) is 0 Å². The summed E-state index contributed by atoms with van der Waals surface area (Å²) in [6.45, 7) is 11.1. The fraction of sp³-hybridized carbons (Fsp3) is 0.347. The highest BCUT2D eigenvalue weighted by molar-refractivity contribution is 6.60. The molecule has 0 bridgehead atoms. The van der Waals surface area contributed by atoms with E-state index in [1.165, 1.54) is 14.2 Å². The molecule has 0 spiro atoms. The lowest BCUT2D eigenvalue weighted by atomic mass is 9.80. The minimum atomic E-state index is -1.29. The van der Waals surface area contributed by atoms with Crippen LogP contribution < -0.4 is 4.90 Å². The highest BCUT2D eigenvalue weighted by atomic mass is 17.2. The fourth-order valence-electron chi connectivity index (χ4n) is 9.17. The molecule has 0 N–H and O–H groups in total. The van der Waals surface area contributed by atoms with E-state index in [1.54, 1.807) is 12.2 Å². The van der Waals surface area contributed by atoms with E-state index >= 15 is 0 Å². The maximum Gasteiger partial charge on any atom is 0.233 e. The standard InChI is InChI=1S/C49H51N2O9/c1-48(2)39-18-17-32-12-8-10-14-35(32)44(39)51(20-22-58-24-26-60-56-6)43(48)30-38-45(52)37(46(53)47(38)54)29-42-49(3,4)40-27-33-16-15-31-11-7-9-13-34(31)36(33)28-41(40)50(42)19-21-57-23-25-59-55-5/h7-18,27-30,37H,19-26H2,1-6H3/q+1/b38-30-,42-29-. The number of ether oxygens (including phenoxy) is 2. The molecule has 0 aromatic heterocycles. The van der Waals surface area contributed by atoms with Gasteiger partial charge in [0.1, 0.15) is 25.7 Å². The van der Waals surface area contributed by atoms with E-state index in [9.17, 15) is 14.4 Å². The second-order valence-electron chi connectivity index (χ2n) is 16.3. The molecule has 11 nitrogen and oxygen atoms in total. The number of hydrogen-bond acceptors (Lipinski definition) is 10. The Hall–Kier alpha value is -5.40. The second kappa shape index (κ2) is 16.9. The summed E-state index contributed by atoms with van der Waals surface area (Å²) >= 11 is 0. The van der Waals surface area contributed by atoms with Crippen LogP contribution in [0.1, 0.15) is 38.8 Å². The van der Waals surface area contributed by atoms with Gasteiger partial charge in [-0.3, -0.25) is 14.4 Å². The van der Waals surface area contributed by atoms with E-state index in [0.717, 1.165) is 66.2 Å². The predicted octanol–water partition coefficient (Wildman–Crippen LogP) is 7.66. The highest BCUT2D eigenvalue weighted by Gasteiger charge is 2.51. The van der Waals surface area contributed by atoms with Gasteiger partial charge in [-0.1, -0.05) is 80.6 Å². The van der Waals surface area contributed by atoms with Crippen LogP contribution in [-0.4, -0.2) is 94.6 Å². The minimum absolute atomic E-state index is 0.111. The highest BCUT2D eigenvalue weighted by Crippen LogP contribution is 2.51. The van der Waals surface area contributed by atoms with Gasteiger partial charge in [-0.25, -0.2) is 19.6 Å². The number of benzene rings is 5. The number of ketones is 3. The van der Waals surface area contributed by atoms with Gasteiger partial charge in [0.05, 0.1) is 50.4 Å². The molecule has 1 fully saturated rings. The zero-order valence-corrected chi connectivity index (χ0v) is 35.0. The van der Waals surface area contributed by atoms with E-state index in [4.69, 9.17) is 29.0 Å². The monoisotopic (exact) mass is 811 g/mol. The zero-order valence-electron chi connectivity index (χ0n) is 35.0. The molecule has 5 aromatic carbocycles. The molecule has 2 heterocycles. The summed E-state index contributed by atoms with van der Waals surface area (Å²) in [7, 11) is 2.90. The van der Waals surface area contributed by atoms with Crippen LogP contribution in [0, 0.1) is 5.92 Å². The van der Waals surface area contributed by atoms with Crippen molar-refractivity contribution < 1.29 is 48.0 Å². The average molecular weight is 812 g/mol. The molecular weight excluding hydrogens is 761 g/mol. The molecule has 11 heteroatoms. The second-order valence-corrected chi connectivity index (χ2v) is 16.3. The van der Waals surface area contributed by atoms with Gasteiger partial charge in [0.25, 0.3) is 0 Å². The van der Waals surface area contributed by atoms with E-state index in [1.807, 2.05) is 24.3 Å². The number of Topliss-reactive ketones (excluding diaryl/α,β-unsaturated/α-hetero) is 3. The maximum atomic E-state index is 14.6. The van der Waals surface area contributed by atoms with Crippen molar-refractivity contribution in [3.63, 3.8) is 0 Å². The van der Waals surface area contributed by atoms with Crippen LogP contribution in [-0.2, 0) is 54.2 Å². The van der Waals surface area contributed by atoms with Gasteiger partial charge in [0, 0.05) is 35.0 Å². The molecular formula is C49H51N2O9+. The molecule has 8 rings (SSSR count). The molecule has 0 radical (unpaired) electrons. The van der Waals surface area contributed by atoms with E-state index < -0.39 is 34.1 Å². The number of fused-ring (bicyclic) bond motifs is 7. The molecule has 310 valence electrons. The first-order valence-corrected chi connectivity index (χ1v) is 20.4. The third-order valence-electron chi connectivity index (χ3n) is 12.2. The zero-order chi connectivity index (χ0) is 42.2. The van der Waals surface area contributed by atoms with Gasteiger partial charge in [0.2, 0.25) is 17.3 Å². The van der Waals surface area contributed by atoms with Crippen LogP contribution >= 0.6 is 0 Å². The van der Waals surface area contributed by atoms with Crippen LogP contribution in [0.25, 0.3) is 32.3 Å². The smallest absolute Gasteiger partial charge is 0.233 e. The van der Waals surface area contributed by atoms with E-state index in [-0.39, 0.29) is 18.8 Å². The van der Waals surface area contributed by atoms with Crippen LogP contribution in [0.15, 0.2) is 108 Å². The Labute approximate surface area is 349 Å². The Balaban J connectivity index is 1.19. The maximum absolute atomic E-state index is 14.6. The van der Waals surface area contributed by atoms with Crippen molar-refractivity contribution >= 4 is 66.8 Å². The molecule has 3 aliphatic rings. The van der Waals surface area contributed by atoms with Crippen LogP contribution in [0.3, 0.4) is 0 Å². The molecule has 1 unspecified atom stereocenters. The number of nitrogens with zero attached hydrogens (tertiary/aromatic N) is 2. The average Bonchev–Trinajstić information content (AvgIpc) is 3.69. The predicted molar refractivity (Wildman–Crippen MR) is 231 cm³/mol. The molecule has 1 atom stereocenters. The molecule has 1 aliphatic carbocycles. The number of allylic oxidation sites excluding steroid dienone is 4. The normalized spacial score (nSPS) is 19.6.